The molecule has 1 fully saturated rings. The van der Waals surface area contributed by atoms with Crippen molar-refractivity contribution in [3.05, 3.63) is 72.9 Å². The summed E-state index contributed by atoms with van der Waals surface area (Å²) in [5.74, 6) is -0.398. The van der Waals surface area contributed by atoms with Crippen molar-refractivity contribution >= 4 is 5.97 Å². The van der Waals surface area contributed by atoms with Crippen LogP contribution in [0.15, 0.2) is 72.9 Å². The van der Waals surface area contributed by atoms with Crippen LogP contribution in [0.1, 0.15) is 149 Å². The van der Waals surface area contributed by atoms with Gasteiger partial charge in [0.1, 0.15) is 30.5 Å². The Balaban J connectivity index is 2.32. The van der Waals surface area contributed by atoms with Crippen LogP contribution in [0.3, 0.4) is 0 Å². The highest BCUT2D eigenvalue weighted by Crippen LogP contribution is 2.22. The lowest BCUT2D eigenvalue weighted by molar-refractivity contribution is -0.305. The van der Waals surface area contributed by atoms with Crippen LogP contribution in [0.4, 0.5) is 0 Å². The summed E-state index contributed by atoms with van der Waals surface area (Å²) in [6, 6.07) is 0. The molecular weight excluding hydrogens is 696 g/mol. The molecule has 0 spiro atoms. The summed E-state index contributed by atoms with van der Waals surface area (Å²) < 4.78 is 22.7. The number of allylic oxidation sites excluding steroid dienone is 12. The lowest BCUT2D eigenvalue weighted by Crippen LogP contribution is -2.59. The van der Waals surface area contributed by atoms with E-state index < -0.39 is 49.4 Å². The number of carbonyl (C=O) groups is 1. The molecule has 6 unspecified atom stereocenters. The average Bonchev–Trinajstić information content (AvgIpc) is 3.18. The van der Waals surface area contributed by atoms with Crippen LogP contribution < -0.4 is 0 Å². The van der Waals surface area contributed by atoms with Crippen LogP contribution in [-0.2, 0) is 23.7 Å². The van der Waals surface area contributed by atoms with Crippen LogP contribution in [0.2, 0.25) is 0 Å². The van der Waals surface area contributed by atoms with Crippen molar-refractivity contribution < 1.29 is 44.2 Å². The molecule has 4 N–H and O–H groups in total. The summed E-state index contributed by atoms with van der Waals surface area (Å²) >= 11 is 0. The van der Waals surface area contributed by atoms with Crippen molar-refractivity contribution in [3.8, 4) is 0 Å². The van der Waals surface area contributed by atoms with Crippen LogP contribution in [0, 0.1) is 0 Å². The molecule has 0 aliphatic carbocycles. The summed E-state index contributed by atoms with van der Waals surface area (Å²) in [5.41, 5.74) is 0. The molecule has 0 aromatic heterocycles. The van der Waals surface area contributed by atoms with Gasteiger partial charge in [-0.2, -0.15) is 0 Å². The van der Waals surface area contributed by atoms with E-state index in [0.29, 0.717) is 13.0 Å². The van der Waals surface area contributed by atoms with Gasteiger partial charge in [-0.3, -0.25) is 4.79 Å². The number of carbonyl (C=O) groups excluding carboxylic acids is 1. The molecule has 1 aliphatic heterocycles. The maximum atomic E-state index is 12.7. The van der Waals surface area contributed by atoms with Crippen molar-refractivity contribution in [1.82, 2.24) is 0 Å². The molecule has 0 saturated carbocycles. The summed E-state index contributed by atoms with van der Waals surface area (Å²) in [6.07, 6.45) is 40.9. The first kappa shape index (κ1) is 50.6. The molecule has 0 aromatic rings. The number of rotatable bonds is 35. The van der Waals surface area contributed by atoms with Gasteiger partial charge >= 0.3 is 5.97 Å². The van der Waals surface area contributed by atoms with Crippen molar-refractivity contribution in [2.75, 3.05) is 26.4 Å². The Hall–Kier alpha value is -2.37. The summed E-state index contributed by atoms with van der Waals surface area (Å²) in [4.78, 5) is 12.7. The van der Waals surface area contributed by atoms with E-state index in [1.165, 1.54) is 64.2 Å². The van der Waals surface area contributed by atoms with E-state index >= 15 is 0 Å². The molecular formula is C46H78O9. The van der Waals surface area contributed by atoms with Crippen molar-refractivity contribution in [3.63, 3.8) is 0 Å². The van der Waals surface area contributed by atoms with E-state index in [9.17, 15) is 25.2 Å². The van der Waals surface area contributed by atoms with Gasteiger partial charge in [-0.25, -0.2) is 0 Å². The molecule has 6 atom stereocenters. The number of hydrogen-bond donors (Lipinski definition) is 4. The van der Waals surface area contributed by atoms with Gasteiger partial charge in [-0.15, -0.1) is 0 Å². The van der Waals surface area contributed by atoms with Crippen LogP contribution in [-0.4, -0.2) is 89.6 Å². The molecule has 0 bridgehead atoms. The summed E-state index contributed by atoms with van der Waals surface area (Å²) in [5, 5.41) is 40.0. The maximum Gasteiger partial charge on any atom is 0.306 e. The molecule has 0 radical (unpaired) electrons. The lowest BCUT2D eigenvalue weighted by atomic mass is 9.99. The zero-order valence-corrected chi connectivity index (χ0v) is 34.4. The highest BCUT2D eigenvalue weighted by Gasteiger charge is 2.44. The SMILES string of the molecule is CC/C=C\C/C=C\C/C=C\C/C=C\CCC(=O)OC(COCCCCCCCCCC/C=C\C/C=C\CCCCCC)COC1OC(CO)C(O)C(O)C1O. The second-order valence-corrected chi connectivity index (χ2v) is 14.4. The van der Waals surface area contributed by atoms with E-state index in [4.69, 9.17) is 18.9 Å². The smallest absolute Gasteiger partial charge is 0.306 e. The number of unbranched alkanes of at least 4 members (excludes halogenated alkanes) is 12. The molecule has 1 rings (SSSR count). The monoisotopic (exact) mass is 775 g/mol. The second-order valence-electron chi connectivity index (χ2n) is 14.4. The molecule has 55 heavy (non-hydrogen) atoms. The zero-order valence-electron chi connectivity index (χ0n) is 34.4. The largest absolute Gasteiger partial charge is 0.457 e. The van der Waals surface area contributed by atoms with Gasteiger partial charge in [-0.1, -0.05) is 145 Å². The van der Waals surface area contributed by atoms with Gasteiger partial charge in [0.25, 0.3) is 0 Å². The number of aliphatic hydroxyl groups is 4. The minimum Gasteiger partial charge on any atom is -0.457 e. The predicted octanol–water partition coefficient (Wildman–Crippen LogP) is 9.30. The zero-order chi connectivity index (χ0) is 40.0. The molecule has 1 heterocycles. The average molecular weight is 775 g/mol. The number of hydrogen-bond acceptors (Lipinski definition) is 9. The van der Waals surface area contributed by atoms with Crippen molar-refractivity contribution in [2.45, 2.75) is 185 Å². The first-order chi connectivity index (χ1) is 26.9. The molecule has 1 aliphatic rings. The quantitative estimate of drug-likeness (QED) is 0.0282. The molecule has 9 nitrogen and oxygen atoms in total. The standard InChI is InChI=1S/C46H78O9/c1-3-5-7-9-11-13-15-17-18-19-20-21-22-24-26-28-30-32-34-36-52-38-40(39-53-46-45(51)44(50)43(49)41(37-47)55-46)54-42(48)35-33-31-29-27-25-23-16-14-12-10-8-6-4-2/h6,8,12-15,18-19,23,25,29,31,40-41,43-47,49-51H,3-5,7,9-11,16-17,20-22,24,26-28,30,32-39H2,1-2H3/b8-6-,14-12-,15-13-,19-18-,25-23-,31-29-. The normalized spacial score (nSPS) is 21.5. The highest BCUT2D eigenvalue weighted by molar-refractivity contribution is 5.69. The first-order valence-electron chi connectivity index (χ1n) is 21.5. The highest BCUT2D eigenvalue weighted by atomic mass is 16.7. The van der Waals surface area contributed by atoms with Gasteiger partial charge in [0.15, 0.2) is 6.29 Å². The van der Waals surface area contributed by atoms with Crippen LogP contribution in [0.5, 0.6) is 0 Å². The Morgan fingerprint density at radius 3 is 1.67 bits per heavy atom. The minimum absolute atomic E-state index is 0.108. The predicted molar refractivity (Wildman–Crippen MR) is 224 cm³/mol. The van der Waals surface area contributed by atoms with Gasteiger partial charge in [0.05, 0.1) is 19.8 Å². The Kier molecular flexibility index (Phi) is 34.3. The third-order valence-corrected chi connectivity index (χ3v) is 9.37. The summed E-state index contributed by atoms with van der Waals surface area (Å²) in [7, 11) is 0. The van der Waals surface area contributed by atoms with Gasteiger partial charge < -0.3 is 39.4 Å². The fraction of sp³-hybridized carbons (Fsp3) is 0.717. The number of aliphatic hydroxyl groups excluding tert-OH is 4. The fourth-order valence-electron chi connectivity index (χ4n) is 6.00. The van der Waals surface area contributed by atoms with E-state index in [0.717, 1.165) is 57.8 Å². The Bertz CT molecular complexity index is 1060. The van der Waals surface area contributed by atoms with Crippen LogP contribution >= 0.6 is 0 Å². The third-order valence-electron chi connectivity index (χ3n) is 9.37. The topological polar surface area (TPSA) is 135 Å². The molecule has 1 saturated heterocycles. The lowest BCUT2D eigenvalue weighted by Gasteiger charge is -2.39. The number of ether oxygens (including phenoxy) is 4. The van der Waals surface area contributed by atoms with Gasteiger partial charge in [0.2, 0.25) is 0 Å². The summed E-state index contributed by atoms with van der Waals surface area (Å²) in [6.45, 7) is 4.30. The molecule has 0 amide bonds. The maximum absolute atomic E-state index is 12.7. The van der Waals surface area contributed by atoms with E-state index in [-0.39, 0.29) is 19.6 Å². The Morgan fingerprint density at radius 1 is 0.600 bits per heavy atom. The second kappa shape index (κ2) is 37.2. The number of esters is 1. The van der Waals surface area contributed by atoms with Crippen LogP contribution in [0.25, 0.3) is 0 Å². The molecule has 316 valence electrons. The van der Waals surface area contributed by atoms with Gasteiger partial charge in [-0.05, 0) is 70.6 Å². The van der Waals surface area contributed by atoms with E-state index in [2.05, 4.69) is 74.6 Å². The molecule has 0 aromatic carbocycles. The fourth-order valence-corrected chi connectivity index (χ4v) is 6.00. The Morgan fingerprint density at radius 2 is 1.11 bits per heavy atom. The van der Waals surface area contributed by atoms with Crippen molar-refractivity contribution in [1.29, 1.82) is 0 Å². The molecule has 9 heteroatoms. The third kappa shape index (κ3) is 28.6. The van der Waals surface area contributed by atoms with E-state index in [1.54, 1.807) is 0 Å². The first-order valence-corrected chi connectivity index (χ1v) is 21.5. The minimum atomic E-state index is -1.55. The van der Waals surface area contributed by atoms with Gasteiger partial charge in [0, 0.05) is 13.0 Å². The van der Waals surface area contributed by atoms with Crippen molar-refractivity contribution in [2.24, 2.45) is 0 Å². The Labute approximate surface area is 334 Å². The van der Waals surface area contributed by atoms with E-state index in [1.807, 2.05) is 12.2 Å².